The van der Waals surface area contributed by atoms with Gasteiger partial charge < -0.3 is 10.6 Å². The van der Waals surface area contributed by atoms with Crippen LogP contribution < -0.4 is 10.6 Å². The second-order valence-electron chi connectivity index (χ2n) is 7.47. The van der Waals surface area contributed by atoms with Gasteiger partial charge in [0.15, 0.2) is 0 Å². The number of amides is 4. The molecule has 26 heavy (non-hydrogen) atoms. The molecule has 1 aliphatic heterocycles. The molecule has 0 atom stereocenters. The normalized spacial score (nSPS) is 25.7. The van der Waals surface area contributed by atoms with Crippen LogP contribution in [0.1, 0.15) is 50.4 Å². The van der Waals surface area contributed by atoms with Crippen molar-refractivity contribution in [3.05, 3.63) is 11.4 Å². The minimum absolute atomic E-state index is 0.271. The first-order valence-corrected chi connectivity index (χ1v) is 9.21. The van der Waals surface area contributed by atoms with Crippen LogP contribution in [0.3, 0.4) is 0 Å². The number of aromatic nitrogens is 2. The van der Waals surface area contributed by atoms with Crippen LogP contribution in [0.4, 0.5) is 10.5 Å². The first-order valence-electron chi connectivity index (χ1n) is 9.21. The number of carbonyl (C=O) groups is 3. The van der Waals surface area contributed by atoms with Crippen LogP contribution in [0.5, 0.6) is 0 Å². The summed E-state index contributed by atoms with van der Waals surface area (Å²) in [5.74, 6) is -0.0574. The van der Waals surface area contributed by atoms with E-state index in [1.165, 1.54) is 0 Å². The summed E-state index contributed by atoms with van der Waals surface area (Å²) < 4.78 is 1.68. The van der Waals surface area contributed by atoms with E-state index >= 15 is 0 Å². The molecule has 3 rings (SSSR count). The number of hydrogen-bond acceptors (Lipinski definition) is 4. The van der Waals surface area contributed by atoms with E-state index in [-0.39, 0.29) is 12.5 Å². The summed E-state index contributed by atoms with van der Waals surface area (Å²) in [6.07, 6.45) is 4.24. The molecule has 1 aliphatic carbocycles. The molecule has 1 saturated heterocycles. The van der Waals surface area contributed by atoms with E-state index in [1.807, 2.05) is 6.92 Å². The Hall–Kier alpha value is -2.38. The fourth-order valence-corrected chi connectivity index (χ4v) is 4.01. The molecular weight excluding hydrogens is 334 g/mol. The molecule has 2 fully saturated rings. The lowest BCUT2D eigenvalue weighted by atomic mass is 9.75. The van der Waals surface area contributed by atoms with Gasteiger partial charge in [-0.15, -0.1) is 0 Å². The van der Waals surface area contributed by atoms with Crippen molar-refractivity contribution >= 4 is 23.5 Å². The topological polar surface area (TPSA) is 96.3 Å². The number of urea groups is 1. The Morgan fingerprint density at radius 2 is 1.96 bits per heavy atom. The van der Waals surface area contributed by atoms with Crippen LogP contribution in [0.2, 0.25) is 0 Å². The van der Waals surface area contributed by atoms with E-state index < -0.39 is 17.5 Å². The number of aryl methyl sites for hydroxylation is 2. The van der Waals surface area contributed by atoms with Gasteiger partial charge in [-0.3, -0.25) is 19.2 Å². The number of rotatable bonds is 4. The molecule has 1 spiro atoms. The number of hydrogen-bond donors (Lipinski definition) is 2. The molecule has 1 aromatic heterocycles. The number of imide groups is 1. The monoisotopic (exact) mass is 361 g/mol. The van der Waals surface area contributed by atoms with Gasteiger partial charge in [0, 0.05) is 7.05 Å². The standard InChI is InChI=1S/C18H27N5O3/c1-5-13-6-8-18(9-7-13)16(25)23(17(26)20-18)10-14(24)19-15-11(2)21-22(4)12(15)3/h13H,5-10H2,1-4H3,(H,19,24)(H,20,26). The van der Waals surface area contributed by atoms with Gasteiger partial charge in [-0.25, -0.2) is 4.79 Å². The smallest absolute Gasteiger partial charge is 0.323 e. The van der Waals surface area contributed by atoms with Crippen molar-refractivity contribution in [2.75, 3.05) is 11.9 Å². The Bertz CT molecular complexity index is 746. The summed E-state index contributed by atoms with van der Waals surface area (Å²) in [5, 5.41) is 9.88. The minimum atomic E-state index is -0.816. The van der Waals surface area contributed by atoms with Gasteiger partial charge in [0.25, 0.3) is 5.91 Å². The van der Waals surface area contributed by atoms with Crippen molar-refractivity contribution in [3.8, 4) is 0 Å². The third-order valence-electron chi connectivity index (χ3n) is 5.86. The molecule has 0 aromatic carbocycles. The van der Waals surface area contributed by atoms with Crippen molar-refractivity contribution in [1.29, 1.82) is 0 Å². The van der Waals surface area contributed by atoms with Crippen LogP contribution in [-0.2, 0) is 16.6 Å². The number of anilines is 1. The van der Waals surface area contributed by atoms with Crippen LogP contribution in [0.15, 0.2) is 0 Å². The highest BCUT2D eigenvalue weighted by Crippen LogP contribution is 2.37. The average Bonchev–Trinajstić information content (AvgIpc) is 2.97. The Kier molecular flexibility index (Phi) is 4.77. The molecule has 1 saturated carbocycles. The Morgan fingerprint density at radius 3 is 2.50 bits per heavy atom. The van der Waals surface area contributed by atoms with Gasteiger partial charge in [0.1, 0.15) is 12.1 Å². The lowest BCUT2D eigenvalue weighted by Crippen LogP contribution is -2.49. The maximum atomic E-state index is 12.9. The van der Waals surface area contributed by atoms with Gasteiger partial charge in [-0.1, -0.05) is 13.3 Å². The molecule has 4 amide bonds. The van der Waals surface area contributed by atoms with E-state index in [0.29, 0.717) is 30.1 Å². The van der Waals surface area contributed by atoms with E-state index in [9.17, 15) is 14.4 Å². The minimum Gasteiger partial charge on any atom is -0.323 e. The molecule has 1 aromatic rings. The number of nitrogens with one attached hydrogen (secondary N) is 2. The van der Waals surface area contributed by atoms with Crippen molar-refractivity contribution < 1.29 is 14.4 Å². The summed E-state index contributed by atoms with van der Waals surface area (Å²) in [6.45, 7) is 5.52. The molecule has 2 aliphatic rings. The van der Waals surface area contributed by atoms with Gasteiger partial charge in [0.2, 0.25) is 5.91 Å². The summed E-state index contributed by atoms with van der Waals surface area (Å²) in [7, 11) is 1.80. The molecule has 8 nitrogen and oxygen atoms in total. The van der Waals surface area contributed by atoms with E-state index in [1.54, 1.807) is 18.7 Å². The first-order chi connectivity index (χ1) is 12.3. The summed E-state index contributed by atoms with van der Waals surface area (Å²) in [4.78, 5) is 38.7. The Balaban J connectivity index is 1.67. The Labute approximate surface area is 153 Å². The van der Waals surface area contributed by atoms with Crippen molar-refractivity contribution in [3.63, 3.8) is 0 Å². The number of carbonyl (C=O) groups excluding carboxylic acids is 3. The summed E-state index contributed by atoms with van der Waals surface area (Å²) in [5.41, 5.74) is 1.33. The van der Waals surface area contributed by atoms with Crippen molar-refractivity contribution in [2.45, 2.75) is 58.4 Å². The van der Waals surface area contributed by atoms with Gasteiger partial charge in [-0.05, 0) is 45.4 Å². The fourth-order valence-electron chi connectivity index (χ4n) is 4.01. The highest BCUT2D eigenvalue weighted by atomic mass is 16.2. The van der Waals surface area contributed by atoms with Crippen LogP contribution in [-0.4, -0.2) is 44.6 Å². The van der Waals surface area contributed by atoms with Gasteiger partial charge in [-0.2, -0.15) is 5.10 Å². The maximum Gasteiger partial charge on any atom is 0.325 e. The van der Waals surface area contributed by atoms with Gasteiger partial charge in [0.05, 0.1) is 17.1 Å². The summed E-state index contributed by atoms with van der Waals surface area (Å²) in [6, 6.07) is -0.472. The third kappa shape index (κ3) is 3.08. The molecule has 0 unspecified atom stereocenters. The number of nitrogens with zero attached hydrogens (tertiary/aromatic N) is 3. The van der Waals surface area contributed by atoms with Crippen molar-refractivity contribution in [1.82, 2.24) is 20.0 Å². The predicted octanol–water partition coefficient (Wildman–Crippen LogP) is 1.87. The zero-order valence-corrected chi connectivity index (χ0v) is 15.9. The molecule has 142 valence electrons. The zero-order valence-electron chi connectivity index (χ0n) is 15.9. The molecule has 0 radical (unpaired) electrons. The van der Waals surface area contributed by atoms with Gasteiger partial charge >= 0.3 is 6.03 Å². The molecular formula is C18H27N5O3. The van der Waals surface area contributed by atoms with E-state index in [4.69, 9.17) is 0 Å². The first kappa shape index (κ1) is 18.4. The molecule has 2 N–H and O–H groups in total. The van der Waals surface area contributed by atoms with Crippen LogP contribution in [0, 0.1) is 19.8 Å². The Morgan fingerprint density at radius 1 is 1.31 bits per heavy atom. The molecule has 2 heterocycles. The predicted molar refractivity (Wildman–Crippen MR) is 96.5 cm³/mol. The zero-order chi connectivity index (χ0) is 19.1. The van der Waals surface area contributed by atoms with E-state index in [2.05, 4.69) is 22.7 Å². The van der Waals surface area contributed by atoms with Crippen LogP contribution in [0.25, 0.3) is 0 Å². The second-order valence-corrected chi connectivity index (χ2v) is 7.47. The maximum absolute atomic E-state index is 12.9. The largest absolute Gasteiger partial charge is 0.325 e. The lowest BCUT2D eigenvalue weighted by molar-refractivity contribution is -0.135. The van der Waals surface area contributed by atoms with Crippen LogP contribution >= 0.6 is 0 Å². The third-order valence-corrected chi connectivity index (χ3v) is 5.86. The second kappa shape index (κ2) is 6.74. The average molecular weight is 361 g/mol. The van der Waals surface area contributed by atoms with Crippen molar-refractivity contribution in [2.24, 2.45) is 13.0 Å². The quantitative estimate of drug-likeness (QED) is 0.800. The molecule has 0 bridgehead atoms. The van der Waals surface area contributed by atoms with E-state index in [0.717, 1.165) is 29.9 Å². The highest BCUT2D eigenvalue weighted by Gasteiger charge is 2.52. The molecule has 8 heteroatoms. The fraction of sp³-hybridized carbons (Fsp3) is 0.667. The highest BCUT2D eigenvalue weighted by molar-refractivity contribution is 6.10. The lowest BCUT2D eigenvalue weighted by Gasteiger charge is -2.34. The summed E-state index contributed by atoms with van der Waals surface area (Å²) >= 11 is 0. The SMILES string of the molecule is CCC1CCC2(CC1)NC(=O)N(CC(=O)Nc1c(C)nn(C)c1C)C2=O.